The summed E-state index contributed by atoms with van der Waals surface area (Å²) in [6, 6.07) is 3.92. The molecule has 0 aliphatic carbocycles. The van der Waals surface area contributed by atoms with Gasteiger partial charge in [-0.05, 0) is 43.0 Å². The van der Waals surface area contributed by atoms with E-state index < -0.39 is 11.2 Å². The summed E-state index contributed by atoms with van der Waals surface area (Å²) in [5.74, 6) is -0.281. The molecule has 0 aliphatic rings. The van der Waals surface area contributed by atoms with Crippen molar-refractivity contribution in [3.63, 3.8) is 0 Å². The molecule has 1 amide bonds. The first-order chi connectivity index (χ1) is 15.1. The number of nitrogens with one attached hydrogen (secondary N) is 1. The summed E-state index contributed by atoms with van der Waals surface area (Å²) >= 11 is 0. The third kappa shape index (κ3) is 4.62. The van der Waals surface area contributed by atoms with E-state index >= 15 is 0 Å². The number of amides is 1. The number of aromatic amines is 1. The highest BCUT2D eigenvalue weighted by Crippen LogP contribution is 2.26. The summed E-state index contributed by atoms with van der Waals surface area (Å²) in [4.78, 5) is 41.9. The normalized spacial score (nSPS) is 11.4. The minimum atomic E-state index is -0.708. The lowest BCUT2D eigenvalue weighted by molar-refractivity contribution is -0.118. The van der Waals surface area contributed by atoms with Crippen LogP contribution >= 0.6 is 0 Å². The first-order valence-corrected chi connectivity index (χ1v) is 10.5. The number of methoxy groups -OCH3 is 1. The Bertz CT molecular complexity index is 1250. The maximum atomic E-state index is 13.4. The average molecular weight is 443 g/mol. The molecule has 2 aromatic heterocycles. The monoisotopic (exact) mass is 442 g/mol. The summed E-state index contributed by atoms with van der Waals surface area (Å²) < 4.78 is 12.1. The molecule has 0 bridgehead atoms. The molecule has 9 heteroatoms. The van der Waals surface area contributed by atoms with Crippen molar-refractivity contribution >= 4 is 28.4 Å². The number of nitrogens with zero attached hydrogens (tertiary/aromatic N) is 2. The summed E-state index contributed by atoms with van der Waals surface area (Å²) in [5.41, 5.74) is 8.47. The van der Waals surface area contributed by atoms with E-state index in [1.54, 1.807) is 6.26 Å². The number of aromatic nitrogens is 2. The van der Waals surface area contributed by atoms with Crippen LogP contribution in [0.1, 0.15) is 30.5 Å². The molecule has 0 atom stereocenters. The molecule has 0 saturated carbocycles. The number of nitrogens with two attached hydrogens (primary N) is 1. The largest absolute Gasteiger partial charge is 0.464 e. The zero-order valence-corrected chi connectivity index (χ0v) is 19.2. The predicted molar refractivity (Wildman–Crippen MR) is 124 cm³/mol. The van der Waals surface area contributed by atoms with Crippen molar-refractivity contribution in [2.75, 3.05) is 30.9 Å². The van der Waals surface area contributed by atoms with Gasteiger partial charge in [-0.1, -0.05) is 13.8 Å². The number of nitrogen functional groups attached to an aromatic ring is 1. The van der Waals surface area contributed by atoms with E-state index in [2.05, 4.69) is 4.98 Å². The van der Waals surface area contributed by atoms with E-state index in [1.807, 2.05) is 39.8 Å². The zero-order valence-electron chi connectivity index (χ0n) is 19.2. The molecule has 9 nitrogen and oxygen atoms in total. The van der Waals surface area contributed by atoms with E-state index in [0.29, 0.717) is 17.7 Å². The van der Waals surface area contributed by atoms with Crippen LogP contribution in [-0.2, 0) is 22.5 Å². The van der Waals surface area contributed by atoms with E-state index in [1.165, 1.54) is 16.6 Å². The maximum absolute atomic E-state index is 13.4. The van der Waals surface area contributed by atoms with Crippen LogP contribution in [-0.4, -0.2) is 35.7 Å². The predicted octanol–water partition coefficient (Wildman–Crippen LogP) is 2.36. The van der Waals surface area contributed by atoms with Gasteiger partial charge in [0.15, 0.2) is 5.69 Å². The minimum Gasteiger partial charge on any atom is -0.464 e. The van der Waals surface area contributed by atoms with Crippen molar-refractivity contribution in [3.8, 4) is 0 Å². The van der Waals surface area contributed by atoms with Crippen LogP contribution < -0.4 is 21.9 Å². The number of ether oxygens (including phenoxy) is 1. The molecule has 1 aromatic carbocycles. The van der Waals surface area contributed by atoms with Gasteiger partial charge in [0.1, 0.15) is 11.4 Å². The zero-order chi connectivity index (χ0) is 23.6. The van der Waals surface area contributed by atoms with Crippen LogP contribution in [0.4, 0.5) is 11.5 Å². The summed E-state index contributed by atoms with van der Waals surface area (Å²) in [6.07, 6.45) is 1.56. The number of hydrogen-bond acceptors (Lipinski definition) is 6. The van der Waals surface area contributed by atoms with Gasteiger partial charge in [-0.15, -0.1) is 0 Å². The second kappa shape index (κ2) is 9.44. The molecule has 172 valence electrons. The smallest absolute Gasteiger partial charge is 0.330 e. The lowest BCUT2D eigenvalue weighted by Crippen LogP contribution is -2.43. The molecular formula is C23H30N4O5. The molecule has 3 N–H and O–H groups in total. The molecule has 0 fully saturated rings. The second-order valence-corrected chi connectivity index (χ2v) is 8.41. The molecule has 32 heavy (non-hydrogen) atoms. The second-order valence-electron chi connectivity index (χ2n) is 8.41. The number of carbonyl (C=O) groups is 1. The molecule has 0 radical (unpaired) electrons. The Hall–Kier alpha value is -3.33. The van der Waals surface area contributed by atoms with Crippen LogP contribution in [0.3, 0.4) is 0 Å². The fraction of sp³-hybridized carbons (Fsp3) is 0.435. The Morgan fingerprint density at radius 3 is 2.59 bits per heavy atom. The average Bonchev–Trinajstić information content (AvgIpc) is 3.09. The molecule has 0 spiro atoms. The molecule has 3 rings (SSSR count). The molecular weight excluding hydrogens is 412 g/mol. The first kappa shape index (κ1) is 23.3. The molecule has 0 aliphatic heterocycles. The Labute approximate surface area is 185 Å². The van der Waals surface area contributed by atoms with Crippen LogP contribution in [0.2, 0.25) is 0 Å². The van der Waals surface area contributed by atoms with Gasteiger partial charge in [-0.3, -0.25) is 19.1 Å². The van der Waals surface area contributed by atoms with Gasteiger partial charge in [0, 0.05) is 31.1 Å². The number of H-pyrrole nitrogens is 1. The van der Waals surface area contributed by atoms with Crippen molar-refractivity contribution in [2.45, 2.75) is 40.7 Å². The molecule has 0 unspecified atom stereocenters. The van der Waals surface area contributed by atoms with Gasteiger partial charge in [0.2, 0.25) is 5.91 Å². The van der Waals surface area contributed by atoms with Crippen molar-refractivity contribution in [1.29, 1.82) is 0 Å². The van der Waals surface area contributed by atoms with Gasteiger partial charge in [-0.25, -0.2) is 4.79 Å². The minimum absolute atomic E-state index is 0.00139. The number of hydrogen-bond donors (Lipinski definition) is 2. The number of fused-ring (bicyclic) bond motifs is 1. The summed E-state index contributed by atoms with van der Waals surface area (Å²) in [6.45, 7) is 8.46. The van der Waals surface area contributed by atoms with Crippen molar-refractivity contribution in [3.05, 3.63) is 55.9 Å². The fourth-order valence-corrected chi connectivity index (χ4v) is 3.66. The Morgan fingerprint density at radius 2 is 1.94 bits per heavy atom. The quantitative estimate of drug-likeness (QED) is 0.552. The van der Waals surface area contributed by atoms with Crippen LogP contribution in [0.25, 0.3) is 11.0 Å². The van der Waals surface area contributed by atoms with E-state index in [0.717, 1.165) is 16.5 Å². The standard InChI is InChI=1S/C23H30N4O5/c1-13(2)11-27-21(24)20(22(29)25-23(27)30)26(6-7-31-5)19(28)10-16-12-32-18-9-15(4)14(3)8-17(16)18/h8-9,12-13H,6-7,10-11,24H2,1-5H3,(H,25,29,30). The number of aryl methyl sites for hydroxylation is 2. The SMILES string of the molecule is COCCN(C(=O)Cc1coc2cc(C)c(C)cc12)c1c(N)n(CC(C)C)c(=O)[nH]c1=O. The van der Waals surface area contributed by atoms with Crippen LogP contribution in [0, 0.1) is 19.8 Å². The Morgan fingerprint density at radius 1 is 1.25 bits per heavy atom. The molecule has 2 heterocycles. The highest BCUT2D eigenvalue weighted by molar-refractivity contribution is 5.99. The lowest BCUT2D eigenvalue weighted by atomic mass is 10.0. The van der Waals surface area contributed by atoms with Gasteiger partial charge >= 0.3 is 5.69 Å². The molecule has 0 saturated heterocycles. The number of rotatable bonds is 8. The Kier molecular flexibility index (Phi) is 6.88. The van der Waals surface area contributed by atoms with Crippen LogP contribution in [0.15, 0.2) is 32.4 Å². The van der Waals surface area contributed by atoms with Crippen LogP contribution in [0.5, 0.6) is 0 Å². The topological polar surface area (TPSA) is 124 Å². The lowest BCUT2D eigenvalue weighted by Gasteiger charge is -2.24. The van der Waals surface area contributed by atoms with Crippen molar-refractivity contribution in [1.82, 2.24) is 9.55 Å². The van der Waals surface area contributed by atoms with Gasteiger partial charge in [0.05, 0.1) is 19.3 Å². The van der Waals surface area contributed by atoms with Gasteiger partial charge in [0.25, 0.3) is 5.56 Å². The fourth-order valence-electron chi connectivity index (χ4n) is 3.66. The summed E-state index contributed by atoms with van der Waals surface area (Å²) in [5, 5.41) is 0.847. The first-order valence-electron chi connectivity index (χ1n) is 10.5. The third-order valence-corrected chi connectivity index (χ3v) is 5.46. The Balaban J connectivity index is 2.04. The van der Waals surface area contributed by atoms with E-state index in [4.69, 9.17) is 14.9 Å². The highest BCUT2D eigenvalue weighted by atomic mass is 16.5. The van der Waals surface area contributed by atoms with E-state index in [9.17, 15) is 14.4 Å². The van der Waals surface area contributed by atoms with Gasteiger partial charge < -0.3 is 19.8 Å². The third-order valence-electron chi connectivity index (χ3n) is 5.46. The number of furan rings is 1. The highest BCUT2D eigenvalue weighted by Gasteiger charge is 2.25. The maximum Gasteiger partial charge on any atom is 0.330 e. The van der Waals surface area contributed by atoms with E-state index in [-0.39, 0.29) is 42.9 Å². The number of benzene rings is 1. The van der Waals surface area contributed by atoms with Crippen molar-refractivity contribution in [2.24, 2.45) is 5.92 Å². The van der Waals surface area contributed by atoms with Gasteiger partial charge in [-0.2, -0.15) is 0 Å². The number of anilines is 2. The summed E-state index contributed by atoms with van der Waals surface area (Å²) in [7, 11) is 1.50. The number of carbonyl (C=O) groups excluding carboxylic acids is 1. The van der Waals surface area contributed by atoms with Crippen molar-refractivity contribution < 1.29 is 13.9 Å². The molecule has 3 aromatic rings.